The van der Waals surface area contributed by atoms with Crippen LogP contribution in [0.2, 0.25) is 0 Å². The first kappa shape index (κ1) is 15.2. The van der Waals surface area contributed by atoms with Gasteiger partial charge in [-0.05, 0) is 29.7 Å². The molecule has 0 saturated heterocycles. The second kappa shape index (κ2) is 6.62. The fraction of sp³-hybridized carbons (Fsp3) is 0.222. The van der Waals surface area contributed by atoms with Crippen LogP contribution in [0, 0.1) is 0 Å². The van der Waals surface area contributed by atoms with Crippen LogP contribution in [0.3, 0.4) is 0 Å². The van der Waals surface area contributed by atoms with Gasteiger partial charge in [-0.25, -0.2) is 0 Å². The average molecular weight is 310 g/mol. The maximum absolute atomic E-state index is 12.4. The Kier molecular flexibility index (Phi) is 4.39. The van der Waals surface area contributed by atoms with E-state index >= 15 is 0 Å². The minimum Gasteiger partial charge on any atom is -0.506 e. The third-order valence-electron chi connectivity index (χ3n) is 3.92. The van der Waals surface area contributed by atoms with Crippen LogP contribution >= 0.6 is 0 Å². The summed E-state index contributed by atoms with van der Waals surface area (Å²) in [4.78, 5) is 23.9. The zero-order chi connectivity index (χ0) is 16.2. The predicted octanol–water partition coefficient (Wildman–Crippen LogP) is 2.25. The van der Waals surface area contributed by atoms with E-state index in [-0.39, 0.29) is 24.0 Å². The SMILES string of the molecule is O=C1CCc2c(C(=O)CNCc3ccccc3)ccc(O)c2N1. The van der Waals surface area contributed by atoms with Crippen LogP contribution in [0.15, 0.2) is 42.5 Å². The average Bonchev–Trinajstić information content (AvgIpc) is 2.56. The molecule has 118 valence electrons. The number of phenols is 1. The lowest BCUT2D eigenvalue weighted by Gasteiger charge is -2.20. The molecule has 1 aliphatic heterocycles. The van der Waals surface area contributed by atoms with Gasteiger partial charge >= 0.3 is 0 Å². The number of hydrogen-bond donors (Lipinski definition) is 3. The fourth-order valence-electron chi connectivity index (χ4n) is 2.75. The number of hydrogen-bond acceptors (Lipinski definition) is 4. The molecule has 0 saturated carbocycles. The number of rotatable bonds is 5. The minimum absolute atomic E-state index is 0.00171. The Morgan fingerprint density at radius 2 is 1.91 bits per heavy atom. The number of ketones is 1. The van der Waals surface area contributed by atoms with E-state index in [1.807, 2.05) is 30.3 Å². The van der Waals surface area contributed by atoms with Crippen molar-refractivity contribution in [2.75, 3.05) is 11.9 Å². The van der Waals surface area contributed by atoms with E-state index in [1.54, 1.807) is 6.07 Å². The minimum atomic E-state index is -0.139. The topological polar surface area (TPSA) is 78.4 Å². The molecular formula is C18H18N2O3. The summed E-state index contributed by atoms with van der Waals surface area (Å²) in [6.45, 7) is 0.823. The first-order chi connectivity index (χ1) is 11.1. The van der Waals surface area contributed by atoms with Gasteiger partial charge in [0, 0.05) is 18.5 Å². The molecule has 2 aromatic rings. The molecule has 3 N–H and O–H groups in total. The summed E-state index contributed by atoms with van der Waals surface area (Å²) in [5, 5.41) is 15.6. The van der Waals surface area contributed by atoms with Gasteiger partial charge in [0.15, 0.2) is 5.78 Å². The van der Waals surface area contributed by atoms with Crippen molar-refractivity contribution in [3.63, 3.8) is 0 Å². The summed E-state index contributed by atoms with van der Waals surface area (Å²) in [5.74, 6) is -0.185. The summed E-state index contributed by atoms with van der Waals surface area (Å²) < 4.78 is 0. The van der Waals surface area contributed by atoms with E-state index in [9.17, 15) is 14.7 Å². The van der Waals surface area contributed by atoms with Gasteiger partial charge in [-0.1, -0.05) is 30.3 Å². The quantitative estimate of drug-likeness (QED) is 0.584. The Labute approximate surface area is 134 Å². The maximum atomic E-state index is 12.4. The molecule has 23 heavy (non-hydrogen) atoms. The molecule has 3 rings (SSSR count). The van der Waals surface area contributed by atoms with Gasteiger partial charge in [0.05, 0.1) is 12.2 Å². The highest BCUT2D eigenvalue weighted by Crippen LogP contribution is 2.34. The first-order valence-electron chi connectivity index (χ1n) is 7.57. The molecule has 0 unspecified atom stereocenters. The number of carbonyl (C=O) groups excluding carboxylic acids is 2. The summed E-state index contributed by atoms with van der Waals surface area (Å²) in [6.07, 6.45) is 0.795. The van der Waals surface area contributed by atoms with Crippen molar-refractivity contribution in [2.24, 2.45) is 0 Å². The molecule has 0 bridgehead atoms. The van der Waals surface area contributed by atoms with Crippen LogP contribution in [0.1, 0.15) is 27.9 Å². The second-order valence-electron chi connectivity index (χ2n) is 5.55. The molecule has 5 heteroatoms. The Morgan fingerprint density at radius 1 is 1.13 bits per heavy atom. The van der Waals surface area contributed by atoms with Crippen LogP contribution in [-0.4, -0.2) is 23.3 Å². The van der Waals surface area contributed by atoms with Gasteiger partial charge in [-0.15, -0.1) is 0 Å². The predicted molar refractivity (Wildman–Crippen MR) is 87.5 cm³/mol. The Hall–Kier alpha value is -2.66. The molecule has 0 fully saturated rings. The zero-order valence-electron chi connectivity index (χ0n) is 12.6. The highest BCUT2D eigenvalue weighted by atomic mass is 16.3. The van der Waals surface area contributed by atoms with Crippen molar-refractivity contribution in [1.29, 1.82) is 0 Å². The zero-order valence-corrected chi connectivity index (χ0v) is 12.6. The number of anilines is 1. The molecule has 1 aliphatic rings. The van der Waals surface area contributed by atoms with E-state index in [0.29, 0.717) is 30.6 Å². The number of benzene rings is 2. The van der Waals surface area contributed by atoms with Gasteiger partial charge in [0.25, 0.3) is 0 Å². The number of Topliss-reactive ketones (excluding diaryl/α,β-unsaturated/α-hetero) is 1. The number of amides is 1. The van der Waals surface area contributed by atoms with E-state index in [2.05, 4.69) is 10.6 Å². The van der Waals surface area contributed by atoms with Gasteiger partial charge in [-0.2, -0.15) is 0 Å². The molecule has 0 aliphatic carbocycles. The standard InChI is InChI=1S/C18H18N2O3/c21-15-8-6-13(14-7-9-17(23)20-18(14)15)16(22)11-19-10-12-4-2-1-3-5-12/h1-6,8,19,21H,7,9-11H2,(H,20,23). The fourth-order valence-corrected chi connectivity index (χ4v) is 2.75. The second-order valence-corrected chi connectivity index (χ2v) is 5.55. The summed E-state index contributed by atoms with van der Waals surface area (Å²) in [5.41, 5.74) is 2.75. The van der Waals surface area contributed by atoms with E-state index < -0.39 is 0 Å². The lowest BCUT2D eigenvalue weighted by molar-refractivity contribution is -0.116. The highest BCUT2D eigenvalue weighted by Gasteiger charge is 2.23. The van der Waals surface area contributed by atoms with Gasteiger partial charge in [0.2, 0.25) is 5.91 Å². The van der Waals surface area contributed by atoms with Crippen molar-refractivity contribution < 1.29 is 14.7 Å². The Morgan fingerprint density at radius 3 is 2.70 bits per heavy atom. The third kappa shape index (κ3) is 3.40. The van der Waals surface area contributed by atoms with Crippen molar-refractivity contribution in [1.82, 2.24) is 5.32 Å². The third-order valence-corrected chi connectivity index (χ3v) is 3.92. The smallest absolute Gasteiger partial charge is 0.224 e. The van der Waals surface area contributed by atoms with E-state index in [1.165, 1.54) is 6.07 Å². The van der Waals surface area contributed by atoms with Crippen LogP contribution in [0.4, 0.5) is 5.69 Å². The number of nitrogens with one attached hydrogen (secondary N) is 2. The molecule has 0 spiro atoms. The van der Waals surface area contributed by atoms with E-state index in [4.69, 9.17) is 0 Å². The number of phenolic OH excluding ortho intramolecular Hbond substituents is 1. The normalized spacial score (nSPS) is 13.3. The summed E-state index contributed by atoms with van der Waals surface area (Å²) in [6, 6.07) is 12.9. The van der Waals surface area contributed by atoms with Crippen LogP contribution < -0.4 is 10.6 Å². The molecule has 1 amide bonds. The molecular weight excluding hydrogens is 292 g/mol. The Balaban J connectivity index is 1.70. The monoisotopic (exact) mass is 310 g/mol. The lowest BCUT2D eigenvalue weighted by atomic mass is 9.94. The summed E-state index contributed by atoms with van der Waals surface area (Å²) >= 11 is 0. The maximum Gasteiger partial charge on any atom is 0.224 e. The van der Waals surface area contributed by atoms with Crippen molar-refractivity contribution in [2.45, 2.75) is 19.4 Å². The molecule has 0 atom stereocenters. The molecule has 1 heterocycles. The highest BCUT2D eigenvalue weighted by molar-refractivity contribution is 6.04. The molecule has 2 aromatic carbocycles. The lowest BCUT2D eigenvalue weighted by Crippen LogP contribution is -2.26. The van der Waals surface area contributed by atoms with Crippen LogP contribution in [0.25, 0.3) is 0 Å². The van der Waals surface area contributed by atoms with Crippen molar-refractivity contribution in [3.05, 3.63) is 59.2 Å². The summed E-state index contributed by atoms with van der Waals surface area (Å²) in [7, 11) is 0. The van der Waals surface area contributed by atoms with Crippen LogP contribution in [0.5, 0.6) is 5.75 Å². The molecule has 0 radical (unpaired) electrons. The van der Waals surface area contributed by atoms with Crippen molar-refractivity contribution in [3.8, 4) is 5.75 Å². The van der Waals surface area contributed by atoms with Gasteiger partial charge in [0.1, 0.15) is 5.75 Å². The largest absolute Gasteiger partial charge is 0.506 e. The van der Waals surface area contributed by atoms with Gasteiger partial charge in [-0.3, -0.25) is 9.59 Å². The van der Waals surface area contributed by atoms with E-state index in [0.717, 1.165) is 11.1 Å². The van der Waals surface area contributed by atoms with Gasteiger partial charge < -0.3 is 15.7 Å². The number of fused-ring (bicyclic) bond motifs is 1. The number of aromatic hydroxyl groups is 1. The van der Waals surface area contributed by atoms with Crippen molar-refractivity contribution >= 4 is 17.4 Å². The molecule has 5 nitrogen and oxygen atoms in total. The van der Waals surface area contributed by atoms with Crippen LogP contribution in [-0.2, 0) is 17.8 Å². The molecule has 0 aromatic heterocycles. The first-order valence-corrected chi connectivity index (χ1v) is 7.57. The number of carbonyl (C=O) groups is 2. The Bertz CT molecular complexity index is 741.